The molecule has 3 rings (SSSR count). The van der Waals surface area contributed by atoms with Gasteiger partial charge in [-0.15, -0.1) is 13.2 Å². The van der Waals surface area contributed by atoms with Crippen LogP contribution in [0.3, 0.4) is 0 Å². The molecule has 2 aliphatic rings. The zero-order valence-corrected chi connectivity index (χ0v) is 10.4. The van der Waals surface area contributed by atoms with Gasteiger partial charge in [-0.1, -0.05) is 12.1 Å². The number of hydrogen-bond donors (Lipinski definition) is 1. The second kappa shape index (κ2) is 4.71. The Bertz CT molecular complexity index is 431. The van der Waals surface area contributed by atoms with Crippen LogP contribution in [0.5, 0.6) is 5.75 Å². The number of halogens is 3. The highest BCUT2D eigenvalue weighted by molar-refractivity contribution is 5.30. The van der Waals surface area contributed by atoms with Gasteiger partial charge in [-0.2, -0.15) is 0 Å². The van der Waals surface area contributed by atoms with Gasteiger partial charge in [-0.3, -0.25) is 0 Å². The summed E-state index contributed by atoms with van der Waals surface area (Å²) < 4.78 is 40.1. The Morgan fingerprint density at radius 2 is 1.58 bits per heavy atom. The number of fused-ring (bicyclic) bond motifs is 2. The number of rotatable bonds is 2. The highest BCUT2D eigenvalue weighted by Gasteiger charge is 2.34. The van der Waals surface area contributed by atoms with Crippen molar-refractivity contribution in [1.82, 2.24) is 5.32 Å². The zero-order valence-electron chi connectivity index (χ0n) is 10.4. The number of piperidine rings is 1. The molecule has 0 aromatic heterocycles. The van der Waals surface area contributed by atoms with Crippen molar-refractivity contribution in [3.05, 3.63) is 29.8 Å². The minimum atomic E-state index is -4.62. The molecule has 2 nitrogen and oxygen atoms in total. The lowest BCUT2D eigenvalue weighted by Gasteiger charge is -2.29. The van der Waals surface area contributed by atoms with Gasteiger partial charge in [0.25, 0.3) is 0 Å². The topological polar surface area (TPSA) is 21.3 Å². The maximum atomic E-state index is 12.1. The number of alkyl halides is 3. The first-order chi connectivity index (χ1) is 8.99. The van der Waals surface area contributed by atoms with Crippen LogP contribution >= 0.6 is 0 Å². The lowest BCUT2D eigenvalue weighted by Crippen LogP contribution is -2.37. The van der Waals surface area contributed by atoms with E-state index in [-0.39, 0.29) is 5.75 Å². The quantitative estimate of drug-likeness (QED) is 0.887. The van der Waals surface area contributed by atoms with Gasteiger partial charge in [0.1, 0.15) is 5.75 Å². The zero-order chi connectivity index (χ0) is 13.5. The Morgan fingerprint density at radius 1 is 1.00 bits per heavy atom. The minimum Gasteiger partial charge on any atom is -0.406 e. The molecule has 2 fully saturated rings. The predicted molar refractivity (Wildman–Crippen MR) is 65.0 cm³/mol. The van der Waals surface area contributed by atoms with Crippen molar-refractivity contribution in [2.24, 2.45) is 0 Å². The molecule has 2 bridgehead atoms. The van der Waals surface area contributed by atoms with Gasteiger partial charge in [-0.25, -0.2) is 0 Å². The summed E-state index contributed by atoms with van der Waals surface area (Å²) in [5.74, 6) is 0.312. The molecular formula is C14H16F3NO. The molecule has 1 N–H and O–H groups in total. The Labute approximate surface area is 109 Å². The predicted octanol–water partition coefficient (Wildman–Crippen LogP) is 3.58. The third kappa shape index (κ3) is 3.03. The molecule has 0 spiro atoms. The van der Waals surface area contributed by atoms with Crippen LogP contribution in [0, 0.1) is 0 Å². The maximum Gasteiger partial charge on any atom is 0.573 e. The third-order valence-corrected chi connectivity index (χ3v) is 4.06. The molecule has 5 heteroatoms. The van der Waals surface area contributed by atoms with E-state index in [0.29, 0.717) is 18.0 Å². The maximum absolute atomic E-state index is 12.1. The van der Waals surface area contributed by atoms with Crippen molar-refractivity contribution >= 4 is 0 Å². The van der Waals surface area contributed by atoms with Gasteiger partial charge in [-0.05, 0) is 49.3 Å². The van der Waals surface area contributed by atoms with E-state index in [4.69, 9.17) is 0 Å². The van der Waals surface area contributed by atoms with Crippen LogP contribution in [-0.4, -0.2) is 18.4 Å². The fraction of sp³-hybridized carbons (Fsp3) is 0.571. The molecule has 0 radical (unpaired) electrons. The molecule has 104 valence electrons. The lowest BCUT2D eigenvalue weighted by molar-refractivity contribution is -0.274. The van der Waals surface area contributed by atoms with Crippen molar-refractivity contribution in [3.8, 4) is 5.75 Å². The van der Waals surface area contributed by atoms with Crippen LogP contribution < -0.4 is 10.1 Å². The lowest BCUT2D eigenvalue weighted by atomic mass is 9.86. The van der Waals surface area contributed by atoms with Crippen LogP contribution in [0.4, 0.5) is 13.2 Å². The van der Waals surface area contributed by atoms with Crippen LogP contribution in [0.25, 0.3) is 0 Å². The van der Waals surface area contributed by atoms with Crippen molar-refractivity contribution in [2.45, 2.75) is 50.0 Å². The highest BCUT2D eigenvalue weighted by atomic mass is 19.4. The van der Waals surface area contributed by atoms with Crippen molar-refractivity contribution < 1.29 is 17.9 Å². The summed E-state index contributed by atoms with van der Waals surface area (Å²) in [5.41, 5.74) is 1.12. The minimum absolute atomic E-state index is 0.145. The van der Waals surface area contributed by atoms with Crippen molar-refractivity contribution in [3.63, 3.8) is 0 Å². The summed E-state index contributed by atoms with van der Waals surface area (Å²) in [6, 6.07) is 7.50. The first kappa shape index (κ1) is 12.8. The van der Waals surface area contributed by atoms with Gasteiger partial charge >= 0.3 is 6.36 Å². The van der Waals surface area contributed by atoms with E-state index in [1.54, 1.807) is 12.1 Å². The van der Waals surface area contributed by atoms with E-state index in [0.717, 1.165) is 18.4 Å². The first-order valence-electron chi connectivity index (χ1n) is 6.61. The molecule has 2 aliphatic heterocycles. The number of nitrogens with one attached hydrogen (secondary N) is 1. The van der Waals surface area contributed by atoms with Crippen molar-refractivity contribution in [2.75, 3.05) is 0 Å². The normalized spacial score (nSPS) is 30.4. The van der Waals surface area contributed by atoms with E-state index in [9.17, 15) is 13.2 Å². The molecular weight excluding hydrogens is 255 g/mol. The fourth-order valence-electron chi connectivity index (χ4n) is 3.27. The van der Waals surface area contributed by atoms with Crippen LogP contribution in [0.2, 0.25) is 0 Å². The molecule has 1 aromatic carbocycles. The Kier molecular flexibility index (Phi) is 3.17. The summed E-state index contributed by atoms with van der Waals surface area (Å²) in [4.78, 5) is 0. The average Bonchev–Trinajstić information content (AvgIpc) is 2.67. The van der Waals surface area contributed by atoms with Crippen LogP contribution in [-0.2, 0) is 0 Å². The van der Waals surface area contributed by atoms with Gasteiger partial charge < -0.3 is 10.1 Å². The summed E-state index contributed by atoms with van der Waals surface area (Å²) >= 11 is 0. The van der Waals surface area contributed by atoms with Crippen molar-refractivity contribution in [1.29, 1.82) is 0 Å². The summed E-state index contributed by atoms with van der Waals surface area (Å²) in [6.45, 7) is 0. The van der Waals surface area contributed by atoms with Gasteiger partial charge in [0.05, 0.1) is 0 Å². The SMILES string of the molecule is FC(F)(F)Oc1ccc([C@H]2C[C@H]3CC[C@@H](C2)N3)cc1. The number of ether oxygens (including phenoxy) is 1. The van der Waals surface area contributed by atoms with E-state index in [1.165, 1.54) is 25.0 Å². The van der Waals surface area contributed by atoms with E-state index in [2.05, 4.69) is 10.1 Å². The smallest absolute Gasteiger partial charge is 0.406 e. The van der Waals surface area contributed by atoms with Crippen LogP contribution in [0.1, 0.15) is 37.2 Å². The Balaban J connectivity index is 1.69. The molecule has 0 unspecified atom stereocenters. The third-order valence-electron chi connectivity index (χ3n) is 4.06. The monoisotopic (exact) mass is 271 g/mol. The largest absolute Gasteiger partial charge is 0.573 e. The Hall–Kier alpha value is -1.23. The first-order valence-corrected chi connectivity index (χ1v) is 6.61. The second-order valence-corrected chi connectivity index (χ2v) is 5.42. The van der Waals surface area contributed by atoms with Gasteiger partial charge in [0.15, 0.2) is 0 Å². The second-order valence-electron chi connectivity index (χ2n) is 5.42. The summed E-state index contributed by atoms with van der Waals surface area (Å²) in [6.07, 6.45) is -0.0196. The summed E-state index contributed by atoms with van der Waals surface area (Å²) in [5, 5.41) is 3.56. The molecule has 3 atom stereocenters. The van der Waals surface area contributed by atoms with Gasteiger partial charge in [0.2, 0.25) is 0 Å². The number of hydrogen-bond acceptors (Lipinski definition) is 2. The molecule has 19 heavy (non-hydrogen) atoms. The average molecular weight is 271 g/mol. The van der Waals surface area contributed by atoms with E-state index >= 15 is 0 Å². The Morgan fingerprint density at radius 3 is 2.11 bits per heavy atom. The van der Waals surface area contributed by atoms with E-state index in [1.807, 2.05) is 0 Å². The standard InChI is InChI=1S/C14H16F3NO/c15-14(16,17)19-13-5-1-9(2-6-13)10-7-11-3-4-12(8-10)18-11/h1-2,5-6,10-12,18H,3-4,7-8H2/t10-,11+,12-. The van der Waals surface area contributed by atoms with E-state index < -0.39 is 6.36 Å². The molecule has 2 heterocycles. The summed E-state index contributed by atoms with van der Waals surface area (Å²) in [7, 11) is 0. The molecule has 0 saturated carbocycles. The molecule has 0 amide bonds. The molecule has 1 aromatic rings. The van der Waals surface area contributed by atoms with Gasteiger partial charge in [0, 0.05) is 12.1 Å². The molecule has 2 saturated heterocycles. The molecule has 0 aliphatic carbocycles. The number of benzene rings is 1. The highest BCUT2D eigenvalue weighted by Crippen LogP contribution is 2.37. The fourth-order valence-corrected chi connectivity index (χ4v) is 3.27. The van der Waals surface area contributed by atoms with Crippen LogP contribution in [0.15, 0.2) is 24.3 Å².